The van der Waals surface area contributed by atoms with Crippen LogP contribution in [0.5, 0.6) is 5.75 Å². The number of methoxy groups -OCH3 is 1. The van der Waals surface area contributed by atoms with Crippen molar-refractivity contribution < 1.29 is 18.3 Å². The summed E-state index contributed by atoms with van der Waals surface area (Å²) in [5, 5.41) is 23.2. The summed E-state index contributed by atoms with van der Waals surface area (Å²) in [7, 11) is 1.39. The van der Waals surface area contributed by atoms with E-state index in [-0.39, 0.29) is 16.9 Å². The lowest BCUT2D eigenvalue weighted by Crippen LogP contribution is -2.13. The van der Waals surface area contributed by atoms with Crippen LogP contribution in [-0.4, -0.2) is 33.0 Å². The van der Waals surface area contributed by atoms with Crippen LogP contribution in [0.3, 0.4) is 0 Å². The highest BCUT2D eigenvalue weighted by atomic mass is 19.3. The molecule has 10 heteroatoms. The number of ether oxygens (including phenoxy) is 1. The molecule has 4 aromatic rings. The Labute approximate surface area is 168 Å². The second-order valence-electron chi connectivity index (χ2n) is 6.27. The maximum Gasteiger partial charge on any atom is 0.333 e. The number of rotatable bonds is 5. The third-order valence-electron chi connectivity index (χ3n) is 4.48. The van der Waals surface area contributed by atoms with Gasteiger partial charge in [-0.1, -0.05) is 6.07 Å². The number of aromatic nitrogens is 4. The Balaban J connectivity index is 1.68. The summed E-state index contributed by atoms with van der Waals surface area (Å²) < 4.78 is 31.4. The standard InChI is InChI=1S/C20H14F2N6O2/c1-30-18-11(8-23)3-2-4-14(18)19(29)25-13-5-6-16-15(7-13)17(27-26-16)12-9-24-28(10-12)20(21)22/h2-7,9-10,20H,1H3,(H,25,29)(H,26,27). The Hall–Kier alpha value is -4.26. The number of nitrogens with one attached hydrogen (secondary N) is 2. The summed E-state index contributed by atoms with van der Waals surface area (Å²) in [5.41, 5.74) is 2.42. The molecule has 0 saturated heterocycles. The predicted molar refractivity (Wildman–Crippen MR) is 104 cm³/mol. The van der Waals surface area contributed by atoms with Crippen molar-refractivity contribution >= 4 is 22.5 Å². The van der Waals surface area contributed by atoms with Gasteiger partial charge in [-0.15, -0.1) is 0 Å². The van der Waals surface area contributed by atoms with Gasteiger partial charge in [0, 0.05) is 22.8 Å². The summed E-state index contributed by atoms with van der Waals surface area (Å²) in [4.78, 5) is 12.7. The molecule has 0 radical (unpaired) electrons. The van der Waals surface area contributed by atoms with Gasteiger partial charge in [0.2, 0.25) is 0 Å². The number of amides is 1. The van der Waals surface area contributed by atoms with Gasteiger partial charge in [-0.2, -0.15) is 24.2 Å². The van der Waals surface area contributed by atoms with Gasteiger partial charge in [0.1, 0.15) is 17.5 Å². The minimum absolute atomic E-state index is 0.182. The van der Waals surface area contributed by atoms with Gasteiger partial charge in [0.15, 0.2) is 0 Å². The molecule has 2 aromatic carbocycles. The van der Waals surface area contributed by atoms with E-state index in [1.165, 1.54) is 19.5 Å². The average Bonchev–Trinajstić information content (AvgIpc) is 3.39. The van der Waals surface area contributed by atoms with Gasteiger partial charge < -0.3 is 10.1 Å². The van der Waals surface area contributed by atoms with E-state index in [1.807, 2.05) is 6.07 Å². The number of carbonyl (C=O) groups excluding carboxylic acids is 1. The molecule has 0 fully saturated rings. The van der Waals surface area contributed by atoms with Crippen LogP contribution < -0.4 is 10.1 Å². The molecule has 0 bridgehead atoms. The van der Waals surface area contributed by atoms with Gasteiger partial charge in [0.05, 0.1) is 30.0 Å². The van der Waals surface area contributed by atoms with E-state index >= 15 is 0 Å². The fraction of sp³-hybridized carbons (Fsp3) is 0.100. The van der Waals surface area contributed by atoms with Crippen LogP contribution in [0.2, 0.25) is 0 Å². The largest absolute Gasteiger partial charge is 0.495 e. The van der Waals surface area contributed by atoms with Gasteiger partial charge in [-0.3, -0.25) is 9.89 Å². The summed E-state index contributed by atoms with van der Waals surface area (Å²) in [6.45, 7) is -2.75. The number of carbonyl (C=O) groups is 1. The molecule has 4 rings (SSSR count). The van der Waals surface area contributed by atoms with E-state index in [2.05, 4.69) is 20.6 Å². The average molecular weight is 408 g/mol. The number of H-pyrrole nitrogens is 1. The highest BCUT2D eigenvalue weighted by molar-refractivity contribution is 6.08. The quantitative estimate of drug-likeness (QED) is 0.520. The Bertz CT molecular complexity index is 1290. The van der Waals surface area contributed by atoms with Gasteiger partial charge >= 0.3 is 6.55 Å². The molecule has 2 aromatic heterocycles. The van der Waals surface area contributed by atoms with Crippen LogP contribution in [-0.2, 0) is 0 Å². The van der Waals surface area contributed by atoms with Gasteiger partial charge in [-0.25, -0.2) is 4.68 Å². The highest BCUT2D eigenvalue weighted by Gasteiger charge is 2.17. The summed E-state index contributed by atoms with van der Waals surface area (Å²) in [6.07, 6.45) is 2.50. The zero-order valence-corrected chi connectivity index (χ0v) is 15.6. The number of benzene rings is 2. The first kappa shape index (κ1) is 19.1. The monoisotopic (exact) mass is 408 g/mol. The number of nitriles is 1. The lowest BCUT2D eigenvalue weighted by molar-refractivity contribution is 0.0566. The van der Waals surface area contributed by atoms with Crippen LogP contribution in [0, 0.1) is 11.3 Å². The number of aromatic amines is 1. The number of anilines is 1. The number of alkyl halides is 2. The van der Waals surface area contributed by atoms with Crippen molar-refractivity contribution in [1.29, 1.82) is 5.26 Å². The van der Waals surface area contributed by atoms with Crippen LogP contribution in [0.25, 0.3) is 22.2 Å². The molecule has 30 heavy (non-hydrogen) atoms. The lowest BCUT2D eigenvalue weighted by atomic mass is 10.1. The zero-order chi connectivity index (χ0) is 21.3. The highest BCUT2D eigenvalue weighted by Crippen LogP contribution is 2.30. The molecule has 0 saturated carbocycles. The second-order valence-corrected chi connectivity index (χ2v) is 6.27. The molecule has 0 atom stereocenters. The molecule has 0 unspecified atom stereocenters. The van der Waals surface area contributed by atoms with Crippen molar-refractivity contribution in [3.05, 3.63) is 59.9 Å². The van der Waals surface area contributed by atoms with Crippen molar-refractivity contribution in [2.75, 3.05) is 12.4 Å². The van der Waals surface area contributed by atoms with Crippen LogP contribution in [0.1, 0.15) is 22.5 Å². The topological polar surface area (TPSA) is 109 Å². The molecule has 150 valence electrons. The smallest absolute Gasteiger partial charge is 0.333 e. The second kappa shape index (κ2) is 7.63. The van der Waals surface area contributed by atoms with E-state index < -0.39 is 12.5 Å². The minimum atomic E-state index is -2.75. The molecule has 0 aliphatic carbocycles. The fourth-order valence-electron chi connectivity index (χ4n) is 3.10. The van der Waals surface area contributed by atoms with Gasteiger partial charge in [-0.05, 0) is 30.3 Å². The molecule has 2 heterocycles. The first-order chi connectivity index (χ1) is 14.5. The lowest BCUT2D eigenvalue weighted by Gasteiger charge is -2.10. The van der Waals surface area contributed by atoms with E-state index in [1.54, 1.807) is 36.4 Å². The molecule has 0 spiro atoms. The van der Waals surface area contributed by atoms with E-state index in [9.17, 15) is 18.8 Å². The van der Waals surface area contributed by atoms with E-state index in [4.69, 9.17) is 4.74 Å². The summed E-state index contributed by atoms with van der Waals surface area (Å²) in [5.74, 6) is -0.277. The number of para-hydroxylation sites is 1. The minimum Gasteiger partial charge on any atom is -0.495 e. The van der Waals surface area contributed by atoms with Crippen LogP contribution >= 0.6 is 0 Å². The number of halogens is 2. The van der Waals surface area contributed by atoms with Crippen molar-refractivity contribution in [2.24, 2.45) is 0 Å². The number of fused-ring (bicyclic) bond motifs is 1. The third kappa shape index (κ3) is 3.33. The molecule has 8 nitrogen and oxygen atoms in total. The van der Waals surface area contributed by atoms with Crippen LogP contribution in [0.4, 0.5) is 14.5 Å². The number of nitrogens with zero attached hydrogens (tertiary/aromatic N) is 4. The number of hydrogen-bond donors (Lipinski definition) is 2. The Morgan fingerprint density at radius 2 is 2.17 bits per heavy atom. The predicted octanol–water partition coefficient (Wildman–Crippen LogP) is 3.95. The van der Waals surface area contributed by atoms with Gasteiger partial charge in [0.25, 0.3) is 5.91 Å². The third-order valence-corrected chi connectivity index (χ3v) is 4.48. The van der Waals surface area contributed by atoms with Crippen molar-refractivity contribution in [2.45, 2.75) is 6.55 Å². The summed E-state index contributed by atoms with van der Waals surface area (Å²) in [6, 6.07) is 11.7. The Morgan fingerprint density at radius 3 is 2.87 bits per heavy atom. The van der Waals surface area contributed by atoms with E-state index in [0.29, 0.717) is 32.5 Å². The Kier molecular flexibility index (Phi) is 4.85. The summed E-state index contributed by atoms with van der Waals surface area (Å²) >= 11 is 0. The van der Waals surface area contributed by atoms with Crippen LogP contribution in [0.15, 0.2) is 48.8 Å². The van der Waals surface area contributed by atoms with E-state index in [0.717, 1.165) is 0 Å². The number of hydrogen-bond acceptors (Lipinski definition) is 5. The Morgan fingerprint density at radius 1 is 1.33 bits per heavy atom. The maximum atomic E-state index is 12.8. The first-order valence-corrected chi connectivity index (χ1v) is 8.71. The zero-order valence-electron chi connectivity index (χ0n) is 15.6. The van der Waals surface area contributed by atoms with Crippen molar-refractivity contribution in [1.82, 2.24) is 20.0 Å². The SMILES string of the molecule is COc1c(C#N)cccc1C(=O)Nc1ccc2[nH]nc(-c3cnn(C(F)F)c3)c2c1. The molecular weight excluding hydrogens is 394 g/mol. The molecule has 0 aliphatic heterocycles. The molecule has 0 aliphatic rings. The normalized spacial score (nSPS) is 10.9. The fourth-order valence-corrected chi connectivity index (χ4v) is 3.10. The molecular formula is C20H14F2N6O2. The molecule has 1 amide bonds. The maximum absolute atomic E-state index is 12.8. The van der Waals surface area contributed by atoms with Crippen molar-refractivity contribution in [3.8, 4) is 23.1 Å². The van der Waals surface area contributed by atoms with Crippen molar-refractivity contribution in [3.63, 3.8) is 0 Å². The molecule has 2 N–H and O–H groups in total. The first-order valence-electron chi connectivity index (χ1n) is 8.71.